The molecular weight excluding hydrogens is 182 g/mol. The molecule has 0 aliphatic heterocycles. The fraction of sp³-hybridized carbons (Fsp3) is 0.300. The maximum atomic E-state index is 10.7. The first kappa shape index (κ1) is 10.5. The van der Waals surface area contributed by atoms with Gasteiger partial charge in [0.15, 0.2) is 0 Å². The van der Waals surface area contributed by atoms with Crippen molar-refractivity contribution in [3.05, 3.63) is 29.3 Å². The highest BCUT2D eigenvalue weighted by Gasteiger charge is 2.20. The topological polar surface area (TPSA) is 72.5 Å². The van der Waals surface area contributed by atoms with Gasteiger partial charge in [0.05, 0.1) is 7.11 Å². The molecule has 4 nitrogen and oxygen atoms in total. The van der Waals surface area contributed by atoms with Crippen LogP contribution in [-0.4, -0.2) is 18.2 Å². The summed E-state index contributed by atoms with van der Waals surface area (Å²) in [6.45, 7) is 1.81. The molecule has 76 valence electrons. The molecular formula is C10H13NO3. The van der Waals surface area contributed by atoms with Crippen molar-refractivity contribution in [2.24, 2.45) is 5.73 Å². The summed E-state index contributed by atoms with van der Waals surface area (Å²) in [7, 11) is 1.49. The normalized spacial score (nSPS) is 12.2. The van der Waals surface area contributed by atoms with Gasteiger partial charge in [0.1, 0.15) is 11.8 Å². The SMILES string of the molecule is COc1cccc(C)c1[C@H](N)C(=O)O. The molecule has 0 saturated carbocycles. The van der Waals surface area contributed by atoms with Crippen LogP contribution in [0.3, 0.4) is 0 Å². The highest BCUT2D eigenvalue weighted by molar-refractivity contribution is 5.77. The van der Waals surface area contributed by atoms with Crippen LogP contribution in [0.4, 0.5) is 0 Å². The Morgan fingerprint density at radius 1 is 1.57 bits per heavy atom. The van der Waals surface area contributed by atoms with E-state index >= 15 is 0 Å². The summed E-state index contributed by atoms with van der Waals surface area (Å²) in [5.74, 6) is -0.544. The minimum atomic E-state index is -1.06. The second-order valence-electron chi connectivity index (χ2n) is 3.01. The van der Waals surface area contributed by atoms with E-state index in [-0.39, 0.29) is 0 Å². The third kappa shape index (κ3) is 1.85. The molecule has 3 N–H and O–H groups in total. The molecule has 0 heterocycles. The van der Waals surface area contributed by atoms with Crippen LogP contribution in [0, 0.1) is 6.92 Å². The summed E-state index contributed by atoms with van der Waals surface area (Å²) in [6, 6.07) is 4.27. The fourth-order valence-electron chi connectivity index (χ4n) is 1.35. The molecule has 0 bridgehead atoms. The van der Waals surface area contributed by atoms with Gasteiger partial charge in [0, 0.05) is 5.56 Å². The number of carboxylic acid groups (broad SMARTS) is 1. The molecule has 1 atom stereocenters. The molecule has 0 saturated heterocycles. The van der Waals surface area contributed by atoms with E-state index in [0.717, 1.165) is 5.56 Å². The summed E-state index contributed by atoms with van der Waals surface area (Å²) in [4.78, 5) is 10.7. The van der Waals surface area contributed by atoms with Gasteiger partial charge in [-0.2, -0.15) is 0 Å². The van der Waals surface area contributed by atoms with Crippen molar-refractivity contribution in [3.63, 3.8) is 0 Å². The number of ether oxygens (including phenoxy) is 1. The largest absolute Gasteiger partial charge is 0.496 e. The summed E-state index contributed by atoms with van der Waals surface area (Å²) >= 11 is 0. The summed E-state index contributed by atoms with van der Waals surface area (Å²) in [5.41, 5.74) is 6.88. The Morgan fingerprint density at radius 2 is 2.21 bits per heavy atom. The van der Waals surface area contributed by atoms with Gasteiger partial charge in [-0.1, -0.05) is 12.1 Å². The second-order valence-corrected chi connectivity index (χ2v) is 3.01. The maximum absolute atomic E-state index is 10.7. The summed E-state index contributed by atoms with van der Waals surface area (Å²) in [6.07, 6.45) is 0. The smallest absolute Gasteiger partial charge is 0.325 e. The van der Waals surface area contributed by atoms with Gasteiger partial charge in [-0.3, -0.25) is 4.79 Å². The number of rotatable bonds is 3. The maximum Gasteiger partial charge on any atom is 0.325 e. The zero-order valence-electron chi connectivity index (χ0n) is 8.15. The molecule has 0 spiro atoms. The lowest BCUT2D eigenvalue weighted by atomic mass is 10.0. The zero-order valence-corrected chi connectivity index (χ0v) is 8.15. The standard InChI is InChI=1S/C10H13NO3/c1-6-4-3-5-7(14-2)8(6)9(11)10(12)13/h3-5,9H,11H2,1-2H3,(H,12,13)/t9-/m0/s1. The van der Waals surface area contributed by atoms with Gasteiger partial charge in [-0.15, -0.1) is 0 Å². The van der Waals surface area contributed by atoms with Crippen molar-refractivity contribution in [3.8, 4) is 5.75 Å². The highest BCUT2D eigenvalue weighted by Crippen LogP contribution is 2.26. The first-order valence-electron chi connectivity index (χ1n) is 4.19. The average Bonchev–Trinajstić information content (AvgIpc) is 2.16. The Bertz CT molecular complexity index is 349. The number of methoxy groups -OCH3 is 1. The lowest BCUT2D eigenvalue weighted by Gasteiger charge is -2.14. The highest BCUT2D eigenvalue weighted by atomic mass is 16.5. The summed E-state index contributed by atoms with van der Waals surface area (Å²) < 4.78 is 5.05. The molecule has 0 amide bonds. The van der Waals surface area contributed by atoms with Gasteiger partial charge < -0.3 is 15.6 Å². The van der Waals surface area contributed by atoms with Crippen molar-refractivity contribution < 1.29 is 14.6 Å². The molecule has 0 radical (unpaired) electrons. The molecule has 0 aliphatic carbocycles. The zero-order chi connectivity index (χ0) is 10.7. The van der Waals surface area contributed by atoms with E-state index < -0.39 is 12.0 Å². The van der Waals surface area contributed by atoms with E-state index in [1.54, 1.807) is 25.1 Å². The van der Waals surface area contributed by atoms with Gasteiger partial charge in [-0.05, 0) is 18.6 Å². The molecule has 14 heavy (non-hydrogen) atoms. The number of aryl methyl sites for hydroxylation is 1. The molecule has 1 rings (SSSR count). The van der Waals surface area contributed by atoms with Crippen molar-refractivity contribution in [1.29, 1.82) is 0 Å². The van der Waals surface area contributed by atoms with E-state index in [2.05, 4.69) is 0 Å². The Balaban J connectivity index is 3.23. The van der Waals surface area contributed by atoms with Crippen molar-refractivity contribution in [2.45, 2.75) is 13.0 Å². The van der Waals surface area contributed by atoms with Crippen LogP contribution >= 0.6 is 0 Å². The lowest BCUT2D eigenvalue weighted by Crippen LogP contribution is -2.22. The van der Waals surface area contributed by atoms with Crippen LogP contribution in [0.2, 0.25) is 0 Å². The second kappa shape index (κ2) is 4.11. The van der Waals surface area contributed by atoms with E-state index in [0.29, 0.717) is 11.3 Å². The van der Waals surface area contributed by atoms with Crippen LogP contribution in [0.1, 0.15) is 17.2 Å². The monoisotopic (exact) mass is 195 g/mol. The van der Waals surface area contributed by atoms with Crippen LogP contribution in [0.5, 0.6) is 5.75 Å². The van der Waals surface area contributed by atoms with Crippen LogP contribution in [-0.2, 0) is 4.79 Å². The number of hydrogen-bond acceptors (Lipinski definition) is 3. The van der Waals surface area contributed by atoms with Crippen LogP contribution in [0.25, 0.3) is 0 Å². The first-order chi connectivity index (χ1) is 6.57. The Hall–Kier alpha value is -1.55. The molecule has 0 fully saturated rings. The van der Waals surface area contributed by atoms with E-state index in [1.165, 1.54) is 7.11 Å². The Labute approximate surface area is 82.3 Å². The van der Waals surface area contributed by atoms with Crippen molar-refractivity contribution >= 4 is 5.97 Å². The third-order valence-electron chi connectivity index (χ3n) is 2.08. The molecule has 0 aromatic heterocycles. The molecule has 1 aromatic carbocycles. The van der Waals surface area contributed by atoms with Crippen LogP contribution < -0.4 is 10.5 Å². The molecule has 0 aliphatic rings. The van der Waals surface area contributed by atoms with Crippen LogP contribution in [0.15, 0.2) is 18.2 Å². The number of nitrogens with two attached hydrogens (primary N) is 1. The molecule has 4 heteroatoms. The predicted octanol–water partition coefficient (Wildman–Crippen LogP) is 1.09. The van der Waals surface area contributed by atoms with E-state index in [4.69, 9.17) is 15.6 Å². The molecule has 1 aromatic rings. The average molecular weight is 195 g/mol. The van der Waals surface area contributed by atoms with Gasteiger partial charge in [-0.25, -0.2) is 0 Å². The quantitative estimate of drug-likeness (QED) is 0.757. The number of hydrogen-bond donors (Lipinski definition) is 2. The number of aliphatic carboxylic acids is 1. The Morgan fingerprint density at radius 3 is 2.71 bits per heavy atom. The van der Waals surface area contributed by atoms with Crippen molar-refractivity contribution in [2.75, 3.05) is 7.11 Å². The minimum absolute atomic E-state index is 0.514. The number of carboxylic acids is 1. The summed E-state index contributed by atoms with van der Waals surface area (Å²) in [5, 5.41) is 8.80. The van der Waals surface area contributed by atoms with E-state index in [1.807, 2.05) is 0 Å². The predicted molar refractivity (Wildman–Crippen MR) is 52.3 cm³/mol. The Kier molecular flexibility index (Phi) is 3.09. The fourth-order valence-corrected chi connectivity index (χ4v) is 1.35. The first-order valence-corrected chi connectivity index (χ1v) is 4.19. The third-order valence-corrected chi connectivity index (χ3v) is 2.08. The van der Waals surface area contributed by atoms with Crippen molar-refractivity contribution in [1.82, 2.24) is 0 Å². The van der Waals surface area contributed by atoms with Gasteiger partial charge in [0.25, 0.3) is 0 Å². The minimum Gasteiger partial charge on any atom is -0.496 e. The van der Waals surface area contributed by atoms with E-state index in [9.17, 15) is 4.79 Å². The number of benzene rings is 1. The molecule has 0 unspecified atom stereocenters. The van der Waals surface area contributed by atoms with Gasteiger partial charge >= 0.3 is 5.97 Å². The lowest BCUT2D eigenvalue weighted by molar-refractivity contribution is -0.138. The number of carbonyl (C=O) groups is 1. The van der Waals surface area contributed by atoms with Gasteiger partial charge in [0.2, 0.25) is 0 Å².